The number of ether oxygens (including phenoxy) is 1. The standard InChI is InChI=1S/C22H12Cl2FNO4/c23-12-1-5-14(6-2-12)30-15-7-3-13(4-8-15)26-11-17(22(28)29)21(27)16-9-19(25)18(24)10-20(16)26/h1-11H,(H,28,29). The van der Waals surface area contributed by atoms with E-state index in [-0.39, 0.29) is 15.9 Å². The molecule has 0 amide bonds. The number of carboxylic acids is 1. The maximum Gasteiger partial charge on any atom is 0.341 e. The summed E-state index contributed by atoms with van der Waals surface area (Å²) in [7, 11) is 0. The second-order valence-corrected chi connectivity index (χ2v) is 7.22. The van der Waals surface area contributed by atoms with Gasteiger partial charge in [0.25, 0.3) is 0 Å². The number of pyridine rings is 1. The summed E-state index contributed by atoms with van der Waals surface area (Å²) >= 11 is 11.8. The van der Waals surface area contributed by atoms with Crippen LogP contribution in [0, 0.1) is 5.82 Å². The zero-order valence-electron chi connectivity index (χ0n) is 15.1. The Hall–Kier alpha value is -3.35. The third kappa shape index (κ3) is 3.75. The molecule has 0 atom stereocenters. The molecule has 1 N–H and O–H groups in total. The molecule has 150 valence electrons. The summed E-state index contributed by atoms with van der Waals surface area (Å²) in [6, 6.07) is 15.8. The number of nitrogens with zero attached hydrogens (tertiary/aromatic N) is 1. The minimum Gasteiger partial charge on any atom is -0.477 e. The molecule has 1 aromatic heterocycles. The molecule has 0 saturated heterocycles. The second kappa shape index (κ2) is 7.82. The highest BCUT2D eigenvalue weighted by Gasteiger charge is 2.17. The number of carbonyl (C=O) groups is 1. The van der Waals surface area contributed by atoms with Crippen molar-refractivity contribution in [3.63, 3.8) is 0 Å². The lowest BCUT2D eigenvalue weighted by atomic mass is 10.1. The molecule has 0 aliphatic carbocycles. The van der Waals surface area contributed by atoms with Crippen molar-refractivity contribution < 1.29 is 19.0 Å². The van der Waals surface area contributed by atoms with Gasteiger partial charge in [-0.1, -0.05) is 23.2 Å². The first-order valence-corrected chi connectivity index (χ1v) is 9.40. The van der Waals surface area contributed by atoms with E-state index in [1.165, 1.54) is 16.8 Å². The minimum absolute atomic E-state index is 0.0849. The fourth-order valence-electron chi connectivity index (χ4n) is 3.00. The average molecular weight is 444 g/mol. The van der Waals surface area contributed by atoms with Crippen molar-refractivity contribution in [3.8, 4) is 17.2 Å². The summed E-state index contributed by atoms with van der Waals surface area (Å²) in [4.78, 5) is 24.0. The van der Waals surface area contributed by atoms with E-state index < -0.39 is 22.8 Å². The predicted octanol–water partition coefficient (Wildman–Crippen LogP) is 5.93. The van der Waals surface area contributed by atoms with E-state index in [1.807, 2.05) is 0 Å². The van der Waals surface area contributed by atoms with Crippen molar-refractivity contribution in [2.45, 2.75) is 0 Å². The van der Waals surface area contributed by atoms with Gasteiger partial charge in [0.05, 0.1) is 10.5 Å². The van der Waals surface area contributed by atoms with Crippen LogP contribution in [0.15, 0.2) is 71.7 Å². The van der Waals surface area contributed by atoms with E-state index >= 15 is 0 Å². The van der Waals surface area contributed by atoms with Crippen LogP contribution in [-0.2, 0) is 0 Å². The first kappa shape index (κ1) is 19.9. The van der Waals surface area contributed by atoms with Crippen molar-refractivity contribution in [1.29, 1.82) is 0 Å². The van der Waals surface area contributed by atoms with Gasteiger partial charge in [-0.2, -0.15) is 0 Å². The summed E-state index contributed by atoms with van der Waals surface area (Å²) in [5.74, 6) is -1.08. The normalized spacial score (nSPS) is 10.9. The van der Waals surface area contributed by atoms with E-state index in [1.54, 1.807) is 48.5 Å². The van der Waals surface area contributed by atoms with Gasteiger partial charge >= 0.3 is 5.97 Å². The van der Waals surface area contributed by atoms with E-state index in [0.29, 0.717) is 22.2 Å². The molecule has 0 saturated carbocycles. The fraction of sp³-hybridized carbons (Fsp3) is 0. The van der Waals surface area contributed by atoms with Crippen molar-refractivity contribution in [1.82, 2.24) is 4.57 Å². The number of halogens is 3. The van der Waals surface area contributed by atoms with Crippen molar-refractivity contribution in [3.05, 3.63) is 98.5 Å². The number of rotatable bonds is 4. The zero-order chi connectivity index (χ0) is 21.4. The van der Waals surface area contributed by atoms with Crippen LogP contribution < -0.4 is 10.2 Å². The molecular weight excluding hydrogens is 432 g/mol. The predicted molar refractivity (Wildman–Crippen MR) is 113 cm³/mol. The summed E-state index contributed by atoms with van der Waals surface area (Å²) < 4.78 is 21.1. The van der Waals surface area contributed by atoms with E-state index in [9.17, 15) is 19.1 Å². The van der Waals surface area contributed by atoms with Gasteiger partial charge in [-0.3, -0.25) is 4.79 Å². The van der Waals surface area contributed by atoms with Crippen LogP contribution in [-0.4, -0.2) is 15.6 Å². The lowest BCUT2D eigenvalue weighted by molar-refractivity contribution is 0.0695. The Kier molecular flexibility index (Phi) is 5.20. The Morgan fingerprint density at radius 1 is 0.967 bits per heavy atom. The molecule has 4 rings (SSSR count). The first-order valence-electron chi connectivity index (χ1n) is 8.65. The van der Waals surface area contributed by atoms with Gasteiger partial charge in [0.15, 0.2) is 0 Å². The molecule has 0 bridgehead atoms. The lowest BCUT2D eigenvalue weighted by Gasteiger charge is -2.14. The molecular formula is C22H12Cl2FNO4. The molecule has 0 unspecified atom stereocenters. The Morgan fingerprint density at radius 3 is 2.17 bits per heavy atom. The van der Waals surface area contributed by atoms with Crippen LogP contribution in [0.1, 0.15) is 10.4 Å². The summed E-state index contributed by atoms with van der Waals surface area (Å²) in [6.45, 7) is 0. The Balaban J connectivity index is 1.81. The maximum atomic E-state index is 13.9. The molecule has 1 heterocycles. The van der Waals surface area contributed by atoms with Gasteiger partial charge in [-0.05, 0) is 60.7 Å². The third-order valence-corrected chi connectivity index (χ3v) is 4.98. The lowest BCUT2D eigenvalue weighted by Crippen LogP contribution is -2.18. The van der Waals surface area contributed by atoms with E-state index in [2.05, 4.69) is 0 Å². The highest BCUT2D eigenvalue weighted by atomic mass is 35.5. The molecule has 0 fully saturated rings. The summed E-state index contributed by atoms with van der Waals surface area (Å²) in [6.07, 6.45) is 1.19. The molecule has 0 aliphatic rings. The molecule has 3 aromatic carbocycles. The minimum atomic E-state index is -1.41. The molecule has 0 spiro atoms. The molecule has 8 heteroatoms. The van der Waals surface area contributed by atoms with Crippen molar-refractivity contribution >= 4 is 40.1 Å². The van der Waals surface area contributed by atoms with Crippen molar-refractivity contribution in [2.75, 3.05) is 0 Å². The Labute approximate surface area is 179 Å². The highest BCUT2D eigenvalue weighted by molar-refractivity contribution is 6.31. The van der Waals surface area contributed by atoms with Crippen LogP contribution in [0.2, 0.25) is 10.0 Å². The second-order valence-electron chi connectivity index (χ2n) is 6.38. The number of hydrogen-bond acceptors (Lipinski definition) is 3. The number of hydrogen-bond donors (Lipinski definition) is 1. The maximum absolute atomic E-state index is 13.9. The summed E-state index contributed by atoms with van der Waals surface area (Å²) in [5, 5.41) is 9.71. The van der Waals surface area contributed by atoms with Crippen molar-refractivity contribution in [2.24, 2.45) is 0 Å². The number of aromatic nitrogens is 1. The summed E-state index contributed by atoms with van der Waals surface area (Å²) in [5.41, 5.74) is -0.450. The number of carboxylic acid groups (broad SMARTS) is 1. The van der Waals surface area contributed by atoms with Gasteiger partial charge < -0.3 is 14.4 Å². The van der Waals surface area contributed by atoms with Crippen LogP contribution >= 0.6 is 23.2 Å². The third-order valence-electron chi connectivity index (χ3n) is 4.44. The number of benzene rings is 3. The molecule has 30 heavy (non-hydrogen) atoms. The molecule has 5 nitrogen and oxygen atoms in total. The van der Waals surface area contributed by atoms with Crippen LogP contribution in [0.4, 0.5) is 4.39 Å². The smallest absolute Gasteiger partial charge is 0.341 e. The average Bonchev–Trinajstić information content (AvgIpc) is 2.72. The van der Waals surface area contributed by atoms with Gasteiger partial charge in [-0.15, -0.1) is 0 Å². The fourth-order valence-corrected chi connectivity index (χ4v) is 3.28. The van der Waals surface area contributed by atoms with Crippen LogP contribution in [0.5, 0.6) is 11.5 Å². The Morgan fingerprint density at radius 2 is 1.57 bits per heavy atom. The monoisotopic (exact) mass is 443 g/mol. The topological polar surface area (TPSA) is 68.5 Å². The van der Waals surface area contributed by atoms with Gasteiger partial charge in [0.1, 0.15) is 22.9 Å². The largest absolute Gasteiger partial charge is 0.477 e. The molecule has 0 radical (unpaired) electrons. The van der Waals surface area contributed by atoms with Gasteiger partial charge in [0, 0.05) is 22.3 Å². The number of aromatic carboxylic acids is 1. The SMILES string of the molecule is O=C(O)c1cn(-c2ccc(Oc3ccc(Cl)cc3)cc2)c2cc(Cl)c(F)cc2c1=O. The zero-order valence-corrected chi connectivity index (χ0v) is 16.6. The van der Waals surface area contributed by atoms with Crippen LogP contribution in [0.25, 0.3) is 16.6 Å². The Bertz CT molecular complexity index is 1330. The molecule has 0 aliphatic heterocycles. The quantitative estimate of drug-likeness (QED) is 0.424. The highest BCUT2D eigenvalue weighted by Crippen LogP contribution is 2.27. The number of fused-ring (bicyclic) bond motifs is 1. The van der Waals surface area contributed by atoms with E-state index in [0.717, 1.165) is 6.07 Å². The molecule has 4 aromatic rings. The first-order chi connectivity index (χ1) is 14.3. The van der Waals surface area contributed by atoms with Gasteiger partial charge in [0.2, 0.25) is 5.43 Å². The van der Waals surface area contributed by atoms with E-state index in [4.69, 9.17) is 27.9 Å². The van der Waals surface area contributed by atoms with Crippen LogP contribution in [0.3, 0.4) is 0 Å². The van der Waals surface area contributed by atoms with Gasteiger partial charge in [-0.25, -0.2) is 9.18 Å².